The Morgan fingerprint density at radius 3 is 2.69 bits per heavy atom. The number of halogens is 4. The predicted molar refractivity (Wildman–Crippen MR) is 133 cm³/mol. The highest BCUT2D eigenvalue weighted by atomic mass is 35.5. The molecule has 4 rings (SSSR count). The summed E-state index contributed by atoms with van der Waals surface area (Å²) in [6.07, 6.45) is 0.206. The van der Waals surface area contributed by atoms with E-state index in [1.54, 1.807) is 36.1 Å². The van der Waals surface area contributed by atoms with Crippen LogP contribution in [0.25, 0.3) is 11.1 Å². The fourth-order valence-electron chi connectivity index (χ4n) is 4.32. The summed E-state index contributed by atoms with van der Waals surface area (Å²) in [7, 11) is 3.83. The smallest absolute Gasteiger partial charge is 0.333 e. The standard InChI is InChI=1S/C25H26ClF3N4OS/c1-4-33-14-20(24(30-33)25(27,28)29)17-9-6-5-8-16(17)19-13-32(23(34)10-7-11-31(2)3)15-21-18(19)12-22(26)35-21/h5-10,12,14,19H,4,11,13,15H2,1-3H3/b10-7+/t19-/m0/s1. The monoisotopic (exact) mass is 522 g/mol. The van der Waals surface area contributed by atoms with E-state index in [0.717, 1.165) is 10.4 Å². The SMILES string of the molecule is CCn1cc(-c2ccccc2[C@@H]2CN(C(=O)/C=C/CN(C)C)Cc3sc(Cl)cc32)c(C(F)(F)F)n1. The van der Waals surface area contributed by atoms with Crippen molar-refractivity contribution in [2.75, 3.05) is 27.2 Å². The van der Waals surface area contributed by atoms with E-state index in [0.29, 0.717) is 41.6 Å². The Morgan fingerprint density at radius 2 is 2.00 bits per heavy atom. The lowest BCUT2D eigenvalue weighted by atomic mass is 9.84. The number of amides is 1. The van der Waals surface area contributed by atoms with E-state index in [-0.39, 0.29) is 17.4 Å². The summed E-state index contributed by atoms with van der Waals surface area (Å²) in [5.74, 6) is -0.463. The minimum Gasteiger partial charge on any atom is -0.333 e. The number of aromatic nitrogens is 2. The highest BCUT2D eigenvalue weighted by molar-refractivity contribution is 7.16. The third-order valence-corrected chi connectivity index (χ3v) is 7.21. The Bertz CT molecular complexity index is 1250. The third kappa shape index (κ3) is 5.47. The summed E-state index contributed by atoms with van der Waals surface area (Å²) >= 11 is 7.74. The van der Waals surface area contributed by atoms with Crippen molar-refractivity contribution in [2.24, 2.45) is 0 Å². The molecule has 1 aromatic carbocycles. The maximum absolute atomic E-state index is 13.9. The zero-order chi connectivity index (χ0) is 25.3. The van der Waals surface area contributed by atoms with Crippen molar-refractivity contribution in [2.45, 2.75) is 32.1 Å². The number of carbonyl (C=O) groups is 1. The molecule has 1 amide bonds. The van der Waals surface area contributed by atoms with E-state index in [2.05, 4.69) is 5.10 Å². The molecule has 0 radical (unpaired) electrons. The van der Waals surface area contributed by atoms with Crippen LogP contribution in [-0.2, 0) is 24.1 Å². The lowest BCUT2D eigenvalue weighted by molar-refractivity contribution is -0.141. The van der Waals surface area contributed by atoms with Gasteiger partial charge in [0.1, 0.15) is 0 Å². The van der Waals surface area contributed by atoms with Gasteiger partial charge < -0.3 is 9.80 Å². The van der Waals surface area contributed by atoms with Gasteiger partial charge in [0.05, 0.1) is 10.9 Å². The van der Waals surface area contributed by atoms with Crippen LogP contribution in [0.5, 0.6) is 0 Å². The summed E-state index contributed by atoms with van der Waals surface area (Å²) in [4.78, 5) is 17.6. The highest BCUT2D eigenvalue weighted by Crippen LogP contribution is 2.45. The molecular formula is C25H26ClF3N4OS. The summed E-state index contributed by atoms with van der Waals surface area (Å²) in [6.45, 7) is 3.45. The third-order valence-electron chi connectivity index (χ3n) is 5.95. The Hall–Kier alpha value is -2.62. The topological polar surface area (TPSA) is 41.4 Å². The molecule has 0 bridgehead atoms. The van der Waals surface area contributed by atoms with Gasteiger partial charge in [-0.05, 0) is 43.8 Å². The Balaban J connectivity index is 1.79. The molecule has 0 N–H and O–H groups in total. The molecule has 3 heterocycles. The normalized spacial score (nSPS) is 16.3. The average molecular weight is 523 g/mol. The number of hydrogen-bond acceptors (Lipinski definition) is 4. The number of carbonyl (C=O) groups excluding carboxylic acids is 1. The fourth-order valence-corrected chi connectivity index (χ4v) is 5.68. The molecule has 186 valence electrons. The number of benzene rings is 1. The maximum Gasteiger partial charge on any atom is 0.435 e. The van der Waals surface area contributed by atoms with Crippen LogP contribution in [0.15, 0.2) is 48.7 Å². The first-order chi connectivity index (χ1) is 16.6. The molecule has 0 spiro atoms. The molecule has 2 aromatic heterocycles. The summed E-state index contributed by atoms with van der Waals surface area (Å²) in [5.41, 5.74) is 1.23. The summed E-state index contributed by atoms with van der Waals surface area (Å²) < 4.78 is 43.5. The van der Waals surface area contributed by atoms with Crippen molar-refractivity contribution in [1.29, 1.82) is 0 Å². The zero-order valence-corrected chi connectivity index (χ0v) is 21.2. The summed E-state index contributed by atoms with van der Waals surface area (Å²) in [6, 6.07) is 8.91. The van der Waals surface area contributed by atoms with Gasteiger partial charge in [0, 0.05) is 48.3 Å². The molecule has 0 fully saturated rings. The summed E-state index contributed by atoms with van der Waals surface area (Å²) in [5, 5.41) is 3.80. The van der Waals surface area contributed by atoms with Crippen LogP contribution in [0.4, 0.5) is 13.2 Å². The van der Waals surface area contributed by atoms with E-state index in [4.69, 9.17) is 11.6 Å². The van der Waals surface area contributed by atoms with Crippen molar-refractivity contribution in [1.82, 2.24) is 19.6 Å². The fraction of sp³-hybridized carbons (Fsp3) is 0.360. The highest BCUT2D eigenvalue weighted by Gasteiger charge is 2.39. The predicted octanol–water partition coefficient (Wildman–Crippen LogP) is 5.90. The minimum atomic E-state index is -4.59. The van der Waals surface area contributed by atoms with Crippen LogP contribution in [0.3, 0.4) is 0 Å². The Morgan fingerprint density at radius 1 is 1.26 bits per heavy atom. The molecule has 5 nitrogen and oxygen atoms in total. The van der Waals surface area contributed by atoms with Crippen molar-refractivity contribution >= 4 is 28.8 Å². The van der Waals surface area contributed by atoms with Gasteiger partial charge in [0.25, 0.3) is 0 Å². The average Bonchev–Trinajstić information content (AvgIpc) is 3.41. The van der Waals surface area contributed by atoms with Gasteiger partial charge >= 0.3 is 6.18 Å². The number of aryl methyl sites for hydroxylation is 1. The molecule has 0 saturated carbocycles. The second kappa shape index (κ2) is 10.2. The number of rotatable bonds is 6. The molecule has 1 atom stereocenters. The van der Waals surface area contributed by atoms with E-state index < -0.39 is 11.9 Å². The zero-order valence-electron chi connectivity index (χ0n) is 19.6. The van der Waals surface area contributed by atoms with Gasteiger partial charge in [0.15, 0.2) is 5.69 Å². The molecule has 10 heteroatoms. The van der Waals surface area contributed by atoms with Gasteiger partial charge in [-0.1, -0.05) is 41.9 Å². The molecule has 3 aromatic rings. The molecule has 35 heavy (non-hydrogen) atoms. The first-order valence-corrected chi connectivity index (χ1v) is 12.4. The van der Waals surface area contributed by atoms with Crippen LogP contribution in [0.2, 0.25) is 4.34 Å². The minimum absolute atomic E-state index is 0.0344. The van der Waals surface area contributed by atoms with Crippen LogP contribution >= 0.6 is 22.9 Å². The first kappa shape index (κ1) is 25.5. The van der Waals surface area contributed by atoms with E-state index >= 15 is 0 Å². The van der Waals surface area contributed by atoms with Gasteiger partial charge in [-0.2, -0.15) is 18.3 Å². The van der Waals surface area contributed by atoms with Crippen molar-refractivity contribution in [3.63, 3.8) is 0 Å². The second-order valence-corrected chi connectivity index (χ2v) is 10.5. The molecule has 0 saturated heterocycles. The van der Waals surface area contributed by atoms with Crippen LogP contribution in [-0.4, -0.2) is 52.7 Å². The van der Waals surface area contributed by atoms with Crippen LogP contribution in [0, 0.1) is 0 Å². The van der Waals surface area contributed by atoms with E-state index in [9.17, 15) is 18.0 Å². The van der Waals surface area contributed by atoms with Gasteiger partial charge in [-0.3, -0.25) is 9.48 Å². The van der Waals surface area contributed by atoms with Gasteiger partial charge in [0.2, 0.25) is 5.91 Å². The van der Waals surface area contributed by atoms with E-state index in [1.807, 2.05) is 37.2 Å². The number of likely N-dealkylation sites (N-methyl/N-ethyl adjacent to an activating group) is 1. The molecule has 0 unspecified atom stereocenters. The lowest BCUT2D eigenvalue weighted by Crippen LogP contribution is -2.37. The number of thiophene rings is 1. The Labute approximate surface area is 211 Å². The van der Waals surface area contributed by atoms with Crippen molar-refractivity contribution < 1.29 is 18.0 Å². The quantitative estimate of drug-likeness (QED) is 0.379. The lowest BCUT2D eigenvalue weighted by Gasteiger charge is -2.33. The molecular weight excluding hydrogens is 497 g/mol. The molecule has 1 aliphatic heterocycles. The first-order valence-electron chi connectivity index (χ1n) is 11.2. The second-order valence-electron chi connectivity index (χ2n) is 8.70. The number of fused-ring (bicyclic) bond motifs is 1. The van der Waals surface area contributed by atoms with E-state index in [1.165, 1.54) is 22.2 Å². The number of hydrogen-bond donors (Lipinski definition) is 0. The Kier molecular flexibility index (Phi) is 7.40. The molecule has 0 aliphatic carbocycles. The van der Waals surface area contributed by atoms with Crippen LogP contribution in [0.1, 0.15) is 34.5 Å². The maximum atomic E-state index is 13.9. The van der Waals surface area contributed by atoms with Gasteiger partial charge in [-0.25, -0.2) is 0 Å². The van der Waals surface area contributed by atoms with Gasteiger partial charge in [-0.15, -0.1) is 11.3 Å². The number of nitrogens with zero attached hydrogens (tertiary/aromatic N) is 4. The molecule has 1 aliphatic rings. The van der Waals surface area contributed by atoms with Crippen molar-refractivity contribution in [3.05, 3.63) is 74.7 Å². The van der Waals surface area contributed by atoms with Crippen LogP contribution < -0.4 is 0 Å². The number of alkyl halides is 3. The largest absolute Gasteiger partial charge is 0.435 e. The van der Waals surface area contributed by atoms with Crippen molar-refractivity contribution in [3.8, 4) is 11.1 Å².